The molecule has 6 nitrogen and oxygen atoms in total. The van der Waals surface area contributed by atoms with Crippen molar-refractivity contribution < 1.29 is 9.59 Å². The Morgan fingerprint density at radius 2 is 2.06 bits per heavy atom. The molecule has 0 atom stereocenters. The third kappa shape index (κ3) is 3.03. The average Bonchev–Trinajstić information content (AvgIpc) is 2.35. The van der Waals surface area contributed by atoms with Gasteiger partial charge in [-0.2, -0.15) is 5.10 Å². The zero-order valence-corrected chi connectivity index (χ0v) is 10.1. The number of amides is 2. The summed E-state index contributed by atoms with van der Waals surface area (Å²) in [7, 11) is 0. The van der Waals surface area contributed by atoms with Gasteiger partial charge in [0.1, 0.15) is 6.54 Å². The third-order valence-electron chi connectivity index (χ3n) is 3.03. The highest BCUT2D eigenvalue weighted by atomic mass is 16.2. The summed E-state index contributed by atoms with van der Waals surface area (Å²) in [6.45, 7) is 5.03. The molecule has 2 amide bonds. The van der Waals surface area contributed by atoms with Crippen molar-refractivity contribution in [1.29, 1.82) is 0 Å². The quantitative estimate of drug-likeness (QED) is 0.700. The van der Waals surface area contributed by atoms with Crippen molar-refractivity contribution in [3.05, 3.63) is 0 Å². The van der Waals surface area contributed by atoms with Crippen LogP contribution in [0.5, 0.6) is 0 Å². The van der Waals surface area contributed by atoms with E-state index in [1.807, 2.05) is 6.92 Å². The summed E-state index contributed by atoms with van der Waals surface area (Å²) in [4.78, 5) is 25.3. The zero-order chi connectivity index (χ0) is 12.3. The van der Waals surface area contributed by atoms with Crippen LogP contribution in [-0.2, 0) is 9.59 Å². The highest BCUT2D eigenvalue weighted by Gasteiger charge is 2.24. The minimum atomic E-state index is -0.0564. The maximum Gasteiger partial charge on any atom is 0.244 e. The van der Waals surface area contributed by atoms with Gasteiger partial charge in [0.25, 0.3) is 0 Å². The number of hydrogen-bond acceptors (Lipinski definition) is 4. The van der Waals surface area contributed by atoms with Crippen molar-refractivity contribution in [2.24, 2.45) is 5.10 Å². The monoisotopic (exact) mass is 238 g/mol. The van der Waals surface area contributed by atoms with Crippen LogP contribution in [0, 0.1) is 0 Å². The lowest BCUT2D eigenvalue weighted by atomic mass is 10.2. The van der Waals surface area contributed by atoms with Gasteiger partial charge in [-0.05, 0) is 13.3 Å². The van der Waals surface area contributed by atoms with E-state index in [4.69, 9.17) is 0 Å². The maximum atomic E-state index is 12.0. The van der Waals surface area contributed by atoms with Crippen molar-refractivity contribution in [3.63, 3.8) is 0 Å². The van der Waals surface area contributed by atoms with Crippen LogP contribution in [0.25, 0.3) is 0 Å². The average molecular weight is 238 g/mol. The predicted octanol–water partition coefficient (Wildman–Crippen LogP) is -0.583. The number of nitrogens with one attached hydrogen (secondary N) is 1. The molecule has 2 rings (SSSR count). The zero-order valence-electron chi connectivity index (χ0n) is 10.1. The summed E-state index contributed by atoms with van der Waals surface area (Å²) in [5.74, 6) is -0.0719. The SMILES string of the molecule is CC1=NN(CC(=O)N2CCNCC2)C(=O)CC1. The third-order valence-corrected chi connectivity index (χ3v) is 3.03. The van der Waals surface area contributed by atoms with E-state index in [-0.39, 0.29) is 18.4 Å². The molecule has 1 fully saturated rings. The van der Waals surface area contributed by atoms with E-state index in [9.17, 15) is 9.59 Å². The Hall–Kier alpha value is -1.43. The van der Waals surface area contributed by atoms with Crippen LogP contribution in [-0.4, -0.2) is 60.2 Å². The van der Waals surface area contributed by atoms with Crippen molar-refractivity contribution in [2.75, 3.05) is 32.7 Å². The molecule has 2 heterocycles. The number of piperazine rings is 1. The first kappa shape index (κ1) is 12.0. The predicted molar refractivity (Wildman–Crippen MR) is 63.5 cm³/mol. The largest absolute Gasteiger partial charge is 0.339 e. The number of carbonyl (C=O) groups excluding carboxylic acids is 2. The minimum absolute atomic E-state index is 0.0155. The Bertz CT molecular complexity index is 347. The molecule has 1 saturated heterocycles. The van der Waals surface area contributed by atoms with E-state index in [0.29, 0.717) is 25.9 Å². The number of carbonyl (C=O) groups is 2. The lowest BCUT2D eigenvalue weighted by Crippen LogP contribution is -2.50. The molecule has 0 bridgehead atoms. The molecule has 0 unspecified atom stereocenters. The van der Waals surface area contributed by atoms with Gasteiger partial charge in [-0.3, -0.25) is 9.59 Å². The van der Waals surface area contributed by atoms with Gasteiger partial charge in [-0.1, -0.05) is 0 Å². The molecular weight excluding hydrogens is 220 g/mol. The van der Waals surface area contributed by atoms with E-state index in [0.717, 1.165) is 18.8 Å². The molecule has 0 aromatic rings. The summed E-state index contributed by atoms with van der Waals surface area (Å²) < 4.78 is 0. The van der Waals surface area contributed by atoms with E-state index in [1.165, 1.54) is 5.01 Å². The Kier molecular flexibility index (Phi) is 3.73. The molecule has 94 valence electrons. The number of nitrogens with zero attached hydrogens (tertiary/aromatic N) is 3. The van der Waals surface area contributed by atoms with Crippen LogP contribution in [0.3, 0.4) is 0 Å². The van der Waals surface area contributed by atoms with Crippen LogP contribution in [0.4, 0.5) is 0 Å². The summed E-state index contributed by atoms with van der Waals surface area (Å²) in [5, 5.41) is 8.63. The van der Waals surface area contributed by atoms with Gasteiger partial charge >= 0.3 is 0 Å². The van der Waals surface area contributed by atoms with Crippen molar-refractivity contribution in [3.8, 4) is 0 Å². The molecule has 0 radical (unpaired) electrons. The maximum absolute atomic E-state index is 12.0. The normalized spacial score (nSPS) is 21.5. The van der Waals surface area contributed by atoms with Crippen molar-refractivity contribution in [1.82, 2.24) is 15.2 Å². The highest BCUT2D eigenvalue weighted by molar-refractivity contribution is 5.93. The fourth-order valence-electron chi connectivity index (χ4n) is 1.99. The fraction of sp³-hybridized carbons (Fsp3) is 0.727. The van der Waals surface area contributed by atoms with Gasteiger partial charge in [0.15, 0.2) is 0 Å². The Morgan fingerprint density at radius 3 is 2.76 bits per heavy atom. The minimum Gasteiger partial charge on any atom is -0.339 e. The van der Waals surface area contributed by atoms with E-state index >= 15 is 0 Å². The topological polar surface area (TPSA) is 65.0 Å². The molecule has 2 aliphatic rings. The van der Waals surface area contributed by atoms with Crippen LogP contribution in [0.15, 0.2) is 5.10 Å². The van der Waals surface area contributed by atoms with Gasteiger partial charge in [0, 0.05) is 38.3 Å². The molecule has 0 aliphatic carbocycles. The molecule has 0 aromatic carbocycles. The van der Waals surface area contributed by atoms with Gasteiger partial charge in [0.2, 0.25) is 11.8 Å². The Morgan fingerprint density at radius 1 is 1.35 bits per heavy atom. The molecule has 2 aliphatic heterocycles. The van der Waals surface area contributed by atoms with Crippen LogP contribution < -0.4 is 5.32 Å². The highest BCUT2D eigenvalue weighted by Crippen LogP contribution is 2.09. The molecule has 17 heavy (non-hydrogen) atoms. The van der Waals surface area contributed by atoms with Gasteiger partial charge < -0.3 is 10.2 Å². The van der Waals surface area contributed by atoms with Crippen LogP contribution in [0.1, 0.15) is 19.8 Å². The molecule has 0 aromatic heterocycles. The van der Waals surface area contributed by atoms with E-state index in [2.05, 4.69) is 10.4 Å². The van der Waals surface area contributed by atoms with Gasteiger partial charge in [-0.15, -0.1) is 0 Å². The standard InChI is InChI=1S/C11H18N4O2/c1-9-2-3-10(16)15(13-9)8-11(17)14-6-4-12-5-7-14/h12H,2-8H2,1H3. The summed E-state index contributed by atoms with van der Waals surface area (Å²) in [5.41, 5.74) is 0.915. The Balaban J connectivity index is 1.93. The Labute approximate surface area is 101 Å². The number of hydrogen-bond donors (Lipinski definition) is 1. The first-order valence-corrected chi connectivity index (χ1v) is 6.00. The molecule has 0 saturated carbocycles. The summed E-state index contributed by atoms with van der Waals surface area (Å²) >= 11 is 0. The first-order chi connectivity index (χ1) is 8.16. The molecular formula is C11H18N4O2. The summed E-state index contributed by atoms with van der Waals surface area (Å²) in [6, 6.07) is 0. The lowest BCUT2D eigenvalue weighted by molar-refractivity contribution is -0.141. The second-order valence-corrected chi connectivity index (χ2v) is 4.42. The van der Waals surface area contributed by atoms with Crippen molar-refractivity contribution in [2.45, 2.75) is 19.8 Å². The van der Waals surface area contributed by atoms with Crippen LogP contribution in [0.2, 0.25) is 0 Å². The van der Waals surface area contributed by atoms with Crippen molar-refractivity contribution >= 4 is 17.5 Å². The lowest BCUT2D eigenvalue weighted by Gasteiger charge is -2.30. The fourth-order valence-corrected chi connectivity index (χ4v) is 1.99. The first-order valence-electron chi connectivity index (χ1n) is 6.00. The van der Waals surface area contributed by atoms with Gasteiger partial charge in [0.05, 0.1) is 0 Å². The number of hydrazone groups is 1. The second kappa shape index (κ2) is 5.27. The van der Waals surface area contributed by atoms with Gasteiger partial charge in [-0.25, -0.2) is 5.01 Å². The molecule has 0 spiro atoms. The number of rotatable bonds is 2. The second-order valence-electron chi connectivity index (χ2n) is 4.42. The smallest absolute Gasteiger partial charge is 0.244 e. The summed E-state index contributed by atoms with van der Waals surface area (Å²) in [6.07, 6.45) is 1.17. The van der Waals surface area contributed by atoms with E-state index < -0.39 is 0 Å². The molecule has 6 heteroatoms. The van der Waals surface area contributed by atoms with Crippen LogP contribution >= 0.6 is 0 Å². The van der Waals surface area contributed by atoms with E-state index in [1.54, 1.807) is 4.90 Å². The molecule has 1 N–H and O–H groups in total.